The first-order valence-corrected chi connectivity index (χ1v) is 12.5. The number of sulfonamides is 1. The number of carbonyl (C=O) groups is 1. The van der Waals surface area contributed by atoms with Gasteiger partial charge in [0.25, 0.3) is 10.1 Å². The molecule has 30 heavy (non-hydrogen) atoms. The van der Waals surface area contributed by atoms with Crippen molar-refractivity contribution in [2.24, 2.45) is 0 Å². The summed E-state index contributed by atoms with van der Waals surface area (Å²) in [6.07, 6.45) is 2.93. The first-order chi connectivity index (χ1) is 14.0. The zero-order valence-electron chi connectivity index (χ0n) is 16.3. The van der Waals surface area contributed by atoms with Crippen LogP contribution in [0, 0.1) is 0 Å². The quantitative estimate of drug-likeness (QED) is 0.590. The number of aromatic nitrogens is 1. The second-order valence-corrected chi connectivity index (χ2v) is 10.3. The standard InChI is InChI=1S/C18H21N3O7S2/c1-29(23,24)20-14-4-6-15(7-5-14)27-17-8-3-13(10-19-17)11-21-12-16(9-18(21)22)28-30(2,25)26/h3-8,10,16,20H,9,11-12H2,1-2H3. The number of nitrogens with zero attached hydrogens (tertiary/aromatic N) is 2. The van der Waals surface area contributed by atoms with Gasteiger partial charge in [-0.25, -0.2) is 13.4 Å². The van der Waals surface area contributed by atoms with Crippen molar-refractivity contribution in [1.82, 2.24) is 9.88 Å². The molecule has 1 amide bonds. The first-order valence-electron chi connectivity index (χ1n) is 8.83. The second kappa shape index (κ2) is 8.58. The molecule has 1 fully saturated rings. The normalized spacial score (nSPS) is 17.2. The fraction of sp³-hybridized carbons (Fsp3) is 0.333. The number of carbonyl (C=O) groups excluding carboxylic acids is 1. The van der Waals surface area contributed by atoms with Crippen molar-refractivity contribution in [2.45, 2.75) is 19.1 Å². The summed E-state index contributed by atoms with van der Waals surface area (Å²) in [6, 6.07) is 9.74. The van der Waals surface area contributed by atoms with Crippen LogP contribution >= 0.6 is 0 Å². The third-order valence-electron chi connectivity index (χ3n) is 4.04. The van der Waals surface area contributed by atoms with Crippen molar-refractivity contribution in [1.29, 1.82) is 0 Å². The topological polar surface area (TPSA) is 132 Å². The summed E-state index contributed by atoms with van der Waals surface area (Å²) < 4.78 is 57.8. The molecule has 1 aliphatic rings. The number of hydrogen-bond donors (Lipinski definition) is 1. The molecule has 1 aromatic heterocycles. The van der Waals surface area contributed by atoms with E-state index in [4.69, 9.17) is 8.92 Å². The average Bonchev–Trinajstić information content (AvgIpc) is 2.94. The number of rotatable bonds is 8. The number of ether oxygens (including phenoxy) is 1. The molecule has 1 N–H and O–H groups in total. The van der Waals surface area contributed by atoms with Gasteiger partial charge in [-0.1, -0.05) is 6.07 Å². The van der Waals surface area contributed by atoms with Gasteiger partial charge in [-0.2, -0.15) is 8.42 Å². The molecule has 0 aliphatic carbocycles. The zero-order valence-corrected chi connectivity index (χ0v) is 17.9. The number of benzene rings is 1. The third-order valence-corrected chi connectivity index (χ3v) is 5.27. The van der Waals surface area contributed by atoms with Gasteiger partial charge in [0.2, 0.25) is 21.8 Å². The Morgan fingerprint density at radius 3 is 2.37 bits per heavy atom. The lowest BCUT2D eigenvalue weighted by molar-refractivity contribution is -0.128. The smallest absolute Gasteiger partial charge is 0.264 e. The van der Waals surface area contributed by atoms with Crippen LogP contribution in [-0.4, -0.2) is 57.8 Å². The van der Waals surface area contributed by atoms with Crippen LogP contribution in [0.25, 0.3) is 0 Å². The summed E-state index contributed by atoms with van der Waals surface area (Å²) in [6.45, 7) is 0.472. The summed E-state index contributed by atoms with van der Waals surface area (Å²) in [7, 11) is -6.97. The third kappa shape index (κ3) is 6.68. The van der Waals surface area contributed by atoms with Gasteiger partial charge < -0.3 is 9.64 Å². The first kappa shape index (κ1) is 22.0. The van der Waals surface area contributed by atoms with Crippen molar-refractivity contribution < 1.29 is 30.6 Å². The van der Waals surface area contributed by atoms with E-state index in [-0.39, 0.29) is 25.4 Å². The lowest BCUT2D eigenvalue weighted by Crippen LogP contribution is -2.26. The van der Waals surface area contributed by atoms with Gasteiger partial charge in [0, 0.05) is 31.0 Å². The van der Waals surface area contributed by atoms with Gasteiger partial charge >= 0.3 is 0 Å². The van der Waals surface area contributed by atoms with E-state index in [1.54, 1.807) is 42.6 Å². The Kier molecular flexibility index (Phi) is 6.29. The van der Waals surface area contributed by atoms with Crippen molar-refractivity contribution >= 4 is 31.7 Å². The van der Waals surface area contributed by atoms with Gasteiger partial charge in [0.05, 0.1) is 18.9 Å². The van der Waals surface area contributed by atoms with E-state index < -0.39 is 26.2 Å². The molecule has 1 unspecified atom stereocenters. The Hall–Kier alpha value is -2.70. The number of amides is 1. The predicted octanol–water partition coefficient (Wildman–Crippen LogP) is 1.32. The Morgan fingerprint density at radius 2 is 1.80 bits per heavy atom. The average molecular weight is 456 g/mol. The minimum absolute atomic E-state index is 0.0197. The van der Waals surface area contributed by atoms with Crippen molar-refractivity contribution in [3.63, 3.8) is 0 Å². The molecule has 162 valence electrons. The summed E-state index contributed by atoms with van der Waals surface area (Å²) in [5.74, 6) is 0.616. The maximum atomic E-state index is 12.1. The Balaban J connectivity index is 1.57. The molecule has 2 aromatic rings. The van der Waals surface area contributed by atoms with E-state index in [0.717, 1.165) is 18.1 Å². The van der Waals surface area contributed by atoms with E-state index in [1.807, 2.05) is 0 Å². The number of nitrogens with one attached hydrogen (secondary N) is 1. The van der Waals surface area contributed by atoms with Crippen LogP contribution in [0.4, 0.5) is 5.69 Å². The van der Waals surface area contributed by atoms with Crippen LogP contribution in [0.1, 0.15) is 12.0 Å². The molecule has 1 aromatic carbocycles. The molecular weight excluding hydrogens is 434 g/mol. The monoisotopic (exact) mass is 455 g/mol. The van der Waals surface area contributed by atoms with E-state index in [9.17, 15) is 21.6 Å². The van der Waals surface area contributed by atoms with Crippen LogP contribution in [-0.2, 0) is 35.7 Å². The van der Waals surface area contributed by atoms with Crippen molar-refractivity contribution in [3.8, 4) is 11.6 Å². The fourth-order valence-corrected chi connectivity index (χ4v) is 4.10. The maximum absolute atomic E-state index is 12.1. The van der Waals surface area contributed by atoms with E-state index in [1.165, 1.54) is 4.90 Å². The molecule has 2 heterocycles. The highest BCUT2D eigenvalue weighted by Crippen LogP contribution is 2.23. The molecule has 1 aliphatic heterocycles. The summed E-state index contributed by atoms with van der Waals surface area (Å²) in [4.78, 5) is 17.8. The number of pyridine rings is 1. The number of likely N-dealkylation sites (tertiary alicyclic amines) is 1. The highest BCUT2D eigenvalue weighted by Gasteiger charge is 2.32. The van der Waals surface area contributed by atoms with Gasteiger partial charge in [-0.15, -0.1) is 0 Å². The van der Waals surface area contributed by atoms with Crippen LogP contribution in [0.3, 0.4) is 0 Å². The van der Waals surface area contributed by atoms with Crippen LogP contribution in [0.2, 0.25) is 0 Å². The Labute approximate surface area is 175 Å². The predicted molar refractivity (Wildman–Crippen MR) is 109 cm³/mol. The molecular formula is C18H21N3O7S2. The Morgan fingerprint density at radius 1 is 1.10 bits per heavy atom. The van der Waals surface area contributed by atoms with Gasteiger partial charge in [-0.05, 0) is 29.8 Å². The summed E-state index contributed by atoms with van der Waals surface area (Å²) >= 11 is 0. The molecule has 0 spiro atoms. The van der Waals surface area contributed by atoms with Gasteiger partial charge in [0.15, 0.2) is 0 Å². The molecule has 3 rings (SSSR count). The van der Waals surface area contributed by atoms with E-state index in [2.05, 4.69) is 9.71 Å². The van der Waals surface area contributed by atoms with Crippen molar-refractivity contribution in [2.75, 3.05) is 23.8 Å². The van der Waals surface area contributed by atoms with Gasteiger partial charge in [0.1, 0.15) is 11.9 Å². The SMILES string of the molecule is CS(=O)(=O)Nc1ccc(Oc2ccc(CN3CC(OS(C)(=O)=O)CC3=O)cn2)cc1. The zero-order chi connectivity index (χ0) is 21.9. The highest BCUT2D eigenvalue weighted by atomic mass is 32.2. The Bertz CT molecular complexity index is 1120. The molecule has 10 nitrogen and oxygen atoms in total. The molecule has 0 radical (unpaired) electrons. The second-order valence-electron chi connectivity index (χ2n) is 6.91. The van der Waals surface area contributed by atoms with E-state index >= 15 is 0 Å². The molecule has 1 saturated heterocycles. The van der Waals surface area contributed by atoms with Crippen LogP contribution < -0.4 is 9.46 Å². The van der Waals surface area contributed by atoms with Crippen LogP contribution in [0.15, 0.2) is 42.6 Å². The minimum Gasteiger partial charge on any atom is -0.439 e. The van der Waals surface area contributed by atoms with Crippen LogP contribution in [0.5, 0.6) is 11.6 Å². The number of hydrogen-bond acceptors (Lipinski definition) is 8. The van der Waals surface area contributed by atoms with Gasteiger partial charge in [-0.3, -0.25) is 13.7 Å². The van der Waals surface area contributed by atoms with E-state index in [0.29, 0.717) is 17.3 Å². The highest BCUT2D eigenvalue weighted by molar-refractivity contribution is 7.92. The van der Waals surface area contributed by atoms with Crippen molar-refractivity contribution in [3.05, 3.63) is 48.2 Å². The summed E-state index contributed by atoms with van der Waals surface area (Å²) in [5.41, 5.74) is 1.17. The molecule has 12 heteroatoms. The lowest BCUT2D eigenvalue weighted by Gasteiger charge is -2.16. The molecule has 1 atom stereocenters. The fourth-order valence-electron chi connectivity index (χ4n) is 2.91. The lowest BCUT2D eigenvalue weighted by atomic mass is 10.2. The largest absolute Gasteiger partial charge is 0.439 e. The summed E-state index contributed by atoms with van der Waals surface area (Å²) in [5, 5.41) is 0. The maximum Gasteiger partial charge on any atom is 0.264 e. The molecule has 0 saturated carbocycles. The molecule has 0 bridgehead atoms. The minimum atomic E-state index is -3.62. The number of anilines is 1.